The second-order valence-electron chi connectivity index (χ2n) is 9.35. The van der Waals surface area contributed by atoms with Crippen LogP contribution < -0.4 is 15.5 Å². The Morgan fingerprint density at radius 1 is 1.12 bits per heavy atom. The summed E-state index contributed by atoms with van der Waals surface area (Å²) >= 11 is 0. The smallest absolute Gasteiger partial charge is 0.259 e. The fraction of sp³-hybridized carbons (Fsp3) is 0.440. The lowest BCUT2D eigenvalue weighted by Gasteiger charge is -2.42. The average molecular weight is 461 g/mol. The molecule has 1 aromatic carbocycles. The minimum absolute atomic E-state index is 0.213. The van der Waals surface area contributed by atoms with Crippen LogP contribution >= 0.6 is 0 Å². The van der Waals surface area contributed by atoms with Crippen LogP contribution in [0.15, 0.2) is 30.7 Å². The Kier molecular flexibility index (Phi) is 5.51. The molecule has 9 nitrogen and oxygen atoms in total. The molecule has 1 saturated heterocycles. The molecule has 1 aliphatic rings. The predicted octanol–water partition coefficient (Wildman–Crippen LogP) is 3.45. The molecule has 1 fully saturated rings. The van der Waals surface area contributed by atoms with E-state index in [4.69, 9.17) is 0 Å². The van der Waals surface area contributed by atoms with Crippen LogP contribution in [-0.2, 0) is 7.05 Å². The highest BCUT2D eigenvalue weighted by atomic mass is 16.1. The van der Waals surface area contributed by atoms with Crippen molar-refractivity contribution in [1.82, 2.24) is 29.5 Å². The molecule has 0 saturated carbocycles. The van der Waals surface area contributed by atoms with Gasteiger partial charge in [-0.05, 0) is 52.3 Å². The van der Waals surface area contributed by atoms with Gasteiger partial charge in [0.1, 0.15) is 5.52 Å². The summed E-state index contributed by atoms with van der Waals surface area (Å²) in [6.45, 7) is 8.05. The number of piperidine rings is 1. The standard InChI is InChI=1S/C25H32N8O/c1-6-25(26-4)9-11-32(12-10-25)20-8-7-18(22-19(20)14-31(5)30-22)24(34)29-21-15-33-13-16(2)27-17(3)23(33)28-21/h7-8,13-15,26H,6,9-12H2,1-5H3,(H,29,34). The van der Waals surface area contributed by atoms with Crippen molar-refractivity contribution >= 4 is 34.0 Å². The van der Waals surface area contributed by atoms with Crippen LogP contribution in [-0.4, -0.2) is 55.7 Å². The van der Waals surface area contributed by atoms with E-state index in [1.54, 1.807) is 4.68 Å². The maximum atomic E-state index is 13.3. The molecule has 34 heavy (non-hydrogen) atoms. The normalized spacial score (nSPS) is 15.9. The Bertz CT molecular complexity index is 1370. The Hall–Kier alpha value is -3.46. The van der Waals surface area contributed by atoms with Gasteiger partial charge >= 0.3 is 0 Å². The number of imidazole rings is 1. The second kappa shape index (κ2) is 8.39. The summed E-state index contributed by atoms with van der Waals surface area (Å²) in [7, 11) is 3.96. The Morgan fingerprint density at radius 3 is 2.59 bits per heavy atom. The van der Waals surface area contributed by atoms with E-state index in [9.17, 15) is 4.79 Å². The topological polar surface area (TPSA) is 92.4 Å². The van der Waals surface area contributed by atoms with Gasteiger partial charge in [0.15, 0.2) is 11.5 Å². The molecular weight excluding hydrogens is 428 g/mol. The maximum Gasteiger partial charge on any atom is 0.259 e. The number of carbonyl (C=O) groups is 1. The van der Waals surface area contributed by atoms with Crippen LogP contribution in [0.3, 0.4) is 0 Å². The molecule has 4 heterocycles. The number of nitrogens with one attached hydrogen (secondary N) is 2. The summed E-state index contributed by atoms with van der Waals surface area (Å²) < 4.78 is 3.67. The maximum absolute atomic E-state index is 13.3. The number of hydrogen-bond acceptors (Lipinski definition) is 6. The summed E-state index contributed by atoms with van der Waals surface area (Å²) in [6, 6.07) is 3.94. The quantitative estimate of drug-likeness (QED) is 0.474. The SMILES string of the molecule is CCC1(NC)CCN(c2ccc(C(=O)Nc3cn4cc(C)nc(C)c4n3)c3nn(C)cc23)CC1. The lowest BCUT2D eigenvalue weighted by atomic mass is 9.85. The van der Waals surface area contributed by atoms with Crippen LogP contribution in [0, 0.1) is 13.8 Å². The van der Waals surface area contributed by atoms with Crippen LogP contribution in [0.4, 0.5) is 11.5 Å². The first-order chi connectivity index (χ1) is 16.3. The van der Waals surface area contributed by atoms with Gasteiger partial charge in [0.25, 0.3) is 5.91 Å². The molecule has 4 aromatic rings. The van der Waals surface area contributed by atoms with Gasteiger partial charge in [-0.2, -0.15) is 5.10 Å². The number of hydrogen-bond donors (Lipinski definition) is 2. The molecule has 0 atom stereocenters. The van der Waals surface area contributed by atoms with E-state index in [2.05, 4.69) is 50.6 Å². The molecule has 0 aliphatic carbocycles. The van der Waals surface area contributed by atoms with Crippen molar-refractivity contribution in [2.75, 3.05) is 30.4 Å². The lowest BCUT2D eigenvalue weighted by molar-refractivity contribution is 0.102. The molecule has 5 rings (SSSR count). The van der Waals surface area contributed by atoms with E-state index < -0.39 is 0 Å². The zero-order chi connectivity index (χ0) is 24.0. The van der Waals surface area contributed by atoms with Crippen LogP contribution in [0.1, 0.15) is 47.9 Å². The van der Waals surface area contributed by atoms with Gasteiger partial charge in [-0.25, -0.2) is 4.98 Å². The van der Waals surface area contributed by atoms with Crippen molar-refractivity contribution < 1.29 is 4.79 Å². The number of carbonyl (C=O) groups excluding carboxylic acids is 1. The van der Waals surface area contributed by atoms with Crippen molar-refractivity contribution in [3.8, 4) is 0 Å². The van der Waals surface area contributed by atoms with Crippen molar-refractivity contribution in [2.45, 2.75) is 45.6 Å². The van der Waals surface area contributed by atoms with Crippen molar-refractivity contribution in [2.24, 2.45) is 7.05 Å². The van der Waals surface area contributed by atoms with E-state index in [-0.39, 0.29) is 11.4 Å². The molecule has 0 bridgehead atoms. The summed E-state index contributed by atoms with van der Waals surface area (Å²) in [6.07, 6.45) is 9.02. The third-order valence-electron chi connectivity index (χ3n) is 7.25. The minimum atomic E-state index is -0.222. The molecular formula is C25H32N8O. The molecule has 0 spiro atoms. The highest BCUT2D eigenvalue weighted by molar-refractivity contribution is 6.13. The fourth-order valence-electron chi connectivity index (χ4n) is 5.17. The molecule has 0 radical (unpaired) electrons. The van der Waals surface area contributed by atoms with Crippen LogP contribution in [0.25, 0.3) is 16.6 Å². The molecule has 1 amide bonds. The lowest BCUT2D eigenvalue weighted by Crippen LogP contribution is -2.51. The predicted molar refractivity (Wildman–Crippen MR) is 135 cm³/mol. The summed E-state index contributed by atoms with van der Waals surface area (Å²) in [5.74, 6) is 0.271. The molecule has 3 aromatic heterocycles. The average Bonchev–Trinajstić information content (AvgIpc) is 3.41. The van der Waals surface area contributed by atoms with Crippen molar-refractivity contribution in [3.05, 3.63) is 47.7 Å². The molecule has 178 valence electrons. The van der Waals surface area contributed by atoms with Gasteiger partial charge in [0, 0.05) is 49.1 Å². The van der Waals surface area contributed by atoms with Gasteiger partial charge in [-0.3, -0.25) is 14.5 Å². The number of aryl methyl sites for hydroxylation is 3. The number of fused-ring (bicyclic) bond motifs is 2. The monoisotopic (exact) mass is 460 g/mol. The third kappa shape index (κ3) is 3.79. The zero-order valence-corrected chi connectivity index (χ0v) is 20.5. The third-order valence-corrected chi connectivity index (χ3v) is 7.25. The van der Waals surface area contributed by atoms with Crippen LogP contribution in [0.2, 0.25) is 0 Å². The first-order valence-electron chi connectivity index (χ1n) is 11.9. The number of nitrogens with zero attached hydrogens (tertiary/aromatic N) is 6. The second-order valence-corrected chi connectivity index (χ2v) is 9.35. The van der Waals surface area contributed by atoms with E-state index in [1.165, 1.54) is 0 Å². The minimum Gasteiger partial charge on any atom is -0.371 e. The first-order valence-corrected chi connectivity index (χ1v) is 11.9. The number of rotatable bonds is 5. The zero-order valence-electron chi connectivity index (χ0n) is 20.5. The van der Waals surface area contributed by atoms with Gasteiger partial charge in [-0.1, -0.05) is 6.92 Å². The number of aromatic nitrogens is 5. The molecule has 1 aliphatic heterocycles. The van der Waals surface area contributed by atoms with Crippen molar-refractivity contribution in [1.29, 1.82) is 0 Å². The summed E-state index contributed by atoms with van der Waals surface area (Å²) in [5, 5.41) is 12.1. The number of anilines is 2. The van der Waals surface area contributed by atoms with Gasteiger partial charge in [0.05, 0.1) is 23.1 Å². The Balaban J connectivity index is 1.44. The van der Waals surface area contributed by atoms with E-state index in [0.717, 1.165) is 60.5 Å². The Labute approximate surface area is 199 Å². The number of benzene rings is 1. The van der Waals surface area contributed by atoms with E-state index >= 15 is 0 Å². The molecule has 2 N–H and O–H groups in total. The van der Waals surface area contributed by atoms with Gasteiger partial charge in [0.2, 0.25) is 0 Å². The Morgan fingerprint density at radius 2 is 1.88 bits per heavy atom. The van der Waals surface area contributed by atoms with Gasteiger partial charge in [-0.15, -0.1) is 0 Å². The van der Waals surface area contributed by atoms with E-state index in [0.29, 0.717) is 16.9 Å². The molecule has 0 unspecified atom stereocenters. The van der Waals surface area contributed by atoms with Crippen molar-refractivity contribution in [3.63, 3.8) is 0 Å². The summed E-state index contributed by atoms with van der Waals surface area (Å²) in [4.78, 5) is 24.7. The highest BCUT2D eigenvalue weighted by Gasteiger charge is 2.32. The fourth-order valence-corrected chi connectivity index (χ4v) is 5.17. The van der Waals surface area contributed by atoms with E-state index in [1.807, 2.05) is 50.0 Å². The summed E-state index contributed by atoms with van der Waals surface area (Å²) in [5.41, 5.74) is 5.04. The van der Waals surface area contributed by atoms with Crippen LogP contribution in [0.5, 0.6) is 0 Å². The molecule has 9 heteroatoms. The first kappa shape index (κ1) is 22.3. The largest absolute Gasteiger partial charge is 0.371 e. The van der Waals surface area contributed by atoms with Gasteiger partial charge < -0.3 is 19.9 Å². The highest BCUT2D eigenvalue weighted by Crippen LogP contribution is 2.34. The number of amides is 1.